The summed E-state index contributed by atoms with van der Waals surface area (Å²) in [6.07, 6.45) is 3.97. The van der Waals surface area contributed by atoms with E-state index in [2.05, 4.69) is 12.2 Å². The van der Waals surface area contributed by atoms with Crippen LogP contribution in [0, 0.1) is 5.82 Å². The maximum absolute atomic E-state index is 13.4. The molecule has 0 aromatic heterocycles. The van der Waals surface area contributed by atoms with Crippen molar-refractivity contribution < 1.29 is 4.39 Å². The van der Waals surface area contributed by atoms with Gasteiger partial charge in [0.05, 0.1) is 5.02 Å². The molecule has 100 valence electrons. The van der Waals surface area contributed by atoms with Crippen LogP contribution in [0.2, 0.25) is 5.02 Å². The SMILES string of the molecule is CC(NCC1CCCCS1)c1ccc(Cl)c(F)c1. The van der Waals surface area contributed by atoms with Crippen LogP contribution in [0.25, 0.3) is 0 Å². The third kappa shape index (κ3) is 3.87. The number of nitrogens with one attached hydrogen (secondary N) is 1. The lowest BCUT2D eigenvalue weighted by atomic mass is 10.1. The van der Waals surface area contributed by atoms with E-state index in [-0.39, 0.29) is 16.9 Å². The van der Waals surface area contributed by atoms with Crippen molar-refractivity contribution in [2.24, 2.45) is 0 Å². The second kappa shape index (κ2) is 6.78. The molecular formula is C14H19ClFNS. The Labute approximate surface area is 117 Å². The normalized spacial score (nSPS) is 21.8. The Morgan fingerprint density at radius 2 is 2.33 bits per heavy atom. The molecule has 1 N–H and O–H groups in total. The molecule has 1 nitrogen and oxygen atoms in total. The van der Waals surface area contributed by atoms with Gasteiger partial charge in [-0.15, -0.1) is 0 Å². The number of thioether (sulfide) groups is 1. The lowest BCUT2D eigenvalue weighted by Crippen LogP contribution is -2.29. The smallest absolute Gasteiger partial charge is 0.142 e. The van der Waals surface area contributed by atoms with Gasteiger partial charge in [-0.2, -0.15) is 11.8 Å². The quantitative estimate of drug-likeness (QED) is 0.880. The molecule has 2 rings (SSSR count). The van der Waals surface area contributed by atoms with Crippen LogP contribution in [0.15, 0.2) is 18.2 Å². The molecular weight excluding hydrogens is 269 g/mol. The maximum Gasteiger partial charge on any atom is 0.142 e. The zero-order valence-corrected chi connectivity index (χ0v) is 12.2. The molecule has 2 atom stereocenters. The molecule has 2 unspecified atom stereocenters. The Bertz CT molecular complexity index is 393. The van der Waals surface area contributed by atoms with Crippen molar-refractivity contribution in [1.29, 1.82) is 0 Å². The summed E-state index contributed by atoms with van der Waals surface area (Å²) in [5.41, 5.74) is 0.956. The molecule has 1 aliphatic rings. The van der Waals surface area contributed by atoms with Gasteiger partial charge in [-0.05, 0) is 43.2 Å². The lowest BCUT2D eigenvalue weighted by Gasteiger charge is -2.24. The molecule has 0 radical (unpaired) electrons. The first-order chi connectivity index (χ1) is 8.66. The van der Waals surface area contributed by atoms with Crippen molar-refractivity contribution in [3.63, 3.8) is 0 Å². The molecule has 0 spiro atoms. The number of hydrogen-bond donors (Lipinski definition) is 1. The standard InChI is InChI=1S/C14H19ClFNS/c1-10(11-5-6-13(15)14(16)8-11)17-9-12-4-2-3-7-18-12/h5-6,8,10,12,17H,2-4,7,9H2,1H3. The second-order valence-electron chi connectivity index (χ2n) is 4.79. The molecule has 0 aliphatic carbocycles. The van der Waals surface area contributed by atoms with Crippen LogP contribution in [0.4, 0.5) is 4.39 Å². The molecule has 1 aromatic carbocycles. The molecule has 0 bridgehead atoms. The Kier molecular flexibility index (Phi) is 5.34. The highest BCUT2D eigenvalue weighted by Gasteiger charge is 2.15. The van der Waals surface area contributed by atoms with Crippen LogP contribution in [-0.2, 0) is 0 Å². The predicted octanol–water partition coefficient (Wildman–Crippen LogP) is 4.42. The lowest BCUT2D eigenvalue weighted by molar-refractivity contribution is 0.534. The van der Waals surface area contributed by atoms with Crippen molar-refractivity contribution in [3.8, 4) is 0 Å². The molecule has 0 saturated carbocycles. The second-order valence-corrected chi connectivity index (χ2v) is 6.61. The Morgan fingerprint density at radius 3 is 3.00 bits per heavy atom. The molecule has 1 heterocycles. The number of halogens is 2. The van der Waals surface area contributed by atoms with Gasteiger partial charge in [0.2, 0.25) is 0 Å². The van der Waals surface area contributed by atoms with E-state index in [0.717, 1.165) is 12.1 Å². The highest BCUT2D eigenvalue weighted by Crippen LogP contribution is 2.25. The van der Waals surface area contributed by atoms with Crippen molar-refractivity contribution in [2.75, 3.05) is 12.3 Å². The van der Waals surface area contributed by atoms with Crippen LogP contribution in [-0.4, -0.2) is 17.5 Å². The molecule has 1 aromatic rings. The van der Waals surface area contributed by atoms with Gasteiger partial charge in [-0.1, -0.05) is 24.1 Å². The summed E-state index contributed by atoms with van der Waals surface area (Å²) >= 11 is 7.73. The average molecular weight is 288 g/mol. The zero-order valence-electron chi connectivity index (χ0n) is 10.6. The van der Waals surface area contributed by atoms with E-state index in [1.54, 1.807) is 6.07 Å². The minimum Gasteiger partial charge on any atom is -0.309 e. The Balaban J connectivity index is 1.86. The van der Waals surface area contributed by atoms with Gasteiger partial charge >= 0.3 is 0 Å². The summed E-state index contributed by atoms with van der Waals surface area (Å²) in [4.78, 5) is 0. The van der Waals surface area contributed by atoms with Gasteiger partial charge in [0.15, 0.2) is 0 Å². The van der Waals surface area contributed by atoms with E-state index < -0.39 is 0 Å². The van der Waals surface area contributed by atoms with Crippen LogP contribution in [0.3, 0.4) is 0 Å². The first kappa shape index (κ1) is 14.2. The summed E-state index contributed by atoms with van der Waals surface area (Å²) in [5.74, 6) is 0.936. The van der Waals surface area contributed by atoms with Crippen molar-refractivity contribution >= 4 is 23.4 Å². The number of hydrogen-bond acceptors (Lipinski definition) is 2. The van der Waals surface area contributed by atoms with E-state index in [1.807, 2.05) is 17.8 Å². The summed E-state index contributed by atoms with van der Waals surface area (Å²) in [6, 6.07) is 5.20. The van der Waals surface area contributed by atoms with Crippen LogP contribution < -0.4 is 5.32 Å². The summed E-state index contributed by atoms with van der Waals surface area (Å²) in [7, 11) is 0. The van der Waals surface area contributed by atoms with E-state index >= 15 is 0 Å². The van der Waals surface area contributed by atoms with Gasteiger partial charge in [-0.3, -0.25) is 0 Å². The maximum atomic E-state index is 13.4. The molecule has 18 heavy (non-hydrogen) atoms. The average Bonchev–Trinajstić information content (AvgIpc) is 2.40. The molecule has 4 heteroatoms. The molecule has 1 fully saturated rings. The topological polar surface area (TPSA) is 12.0 Å². The fourth-order valence-electron chi connectivity index (χ4n) is 2.18. The van der Waals surface area contributed by atoms with E-state index in [9.17, 15) is 4.39 Å². The monoisotopic (exact) mass is 287 g/mol. The number of benzene rings is 1. The minimum atomic E-state index is -0.338. The summed E-state index contributed by atoms with van der Waals surface area (Å²) in [6.45, 7) is 3.06. The molecule has 0 amide bonds. The van der Waals surface area contributed by atoms with E-state index in [1.165, 1.54) is 31.1 Å². The van der Waals surface area contributed by atoms with Crippen LogP contribution in [0.1, 0.15) is 37.8 Å². The molecule has 1 saturated heterocycles. The first-order valence-corrected chi connectivity index (χ1v) is 7.89. The highest BCUT2D eigenvalue weighted by molar-refractivity contribution is 7.99. The van der Waals surface area contributed by atoms with Gasteiger partial charge < -0.3 is 5.32 Å². The largest absolute Gasteiger partial charge is 0.309 e. The van der Waals surface area contributed by atoms with Crippen molar-refractivity contribution in [2.45, 2.75) is 37.5 Å². The third-order valence-corrected chi connectivity index (χ3v) is 5.07. The summed E-state index contributed by atoms with van der Waals surface area (Å²) < 4.78 is 13.4. The van der Waals surface area contributed by atoms with E-state index in [4.69, 9.17) is 11.6 Å². The minimum absolute atomic E-state index is 0.166. The van der Waals surface area contributed by atoms with Gasteiger partial charge in [0, 0.05) is 17.8 Å². The first-order valence-electron chi connectivity index (χ1n) is 6.47. The Hall–Kier alpha value is -0.250. The number of rotatable bonds is 4. The summed E-state index contributed by atoms with van der Waals surface area (Å²) in [5, 5.41) is 4.38. The molecule has 1 aliphatic heterocycles. The van der Waals surface area contributed by atoms with Crippen LogP contribution in [0.5, 0.6) is 0 Å². The van der Waals surface area contributed by atoms with E-state index in [0.29, 0.717) is 5.25 Å². The van der Waals surface area contributed by atoms with Gasteiger partial charge in [0.25, 0.3) is 0 Å². The van der Waals surface area contributed by atoms with Gasteiger partial charge in [-0.25, -0.2) is 4.39 Å². The van der Waals surface area contributed by atoms with Crippen molar-refractivity contribution in [1.82, 2.24) is 5.32 Å². The fourth-order valence-corrected chi connectivity index (χ4v) is 3.55. The zero-order chi connectivity index (χ0) is 13.0. The Morgan fingerprint density at radius 1 is 1.50 bits per heavy atom. The fraction of sp³-hybridized carbons (Fsp3) is 0.571. The predicted molar refractivity (Wildman–Crippen MR) is 77.9 cm³/mol. The van der Waals surface area contributed by atoms with Gasteiger partial charge in [0.1, 0.15) is 5.82 Å². The third-order valence-electron chi connectivity index (χ3n) is 3.37. The highest BCUT2D eigenvalue weighted by atomic mass is 35.5. The van der Waals surface area contributed by atoms with Crippen LogP contribution >= 0.6 is 23.4 Å². The van der Waals surface area contributed by atoms with Crippen molar-refractivity contribution in [3.05, 3.63) is 34.6 Å².